The van der Waals surface area contributed by atoms with Gasteiger partial charge in [0.2, 0.25) is 5.91 Å². The van der Waals surface area contributed by atoms with E-state index in [1.54, 1.807) is 11.8 Å². The van der Waals surface area contributed by atoms with Crippen LogP contribution in [0, 0.1) is 5.92 Å². The minimum absolute atomic E-state index is 0.0526. The zero-order valence-electron chi connectivity index (χ0n) is 13.9. The lowest BCUT2D eigenvalue weighted by atomic mass is 10.1. The number of rotatable bonds is 6. The topological polar surface area (TPSA) is 65.8 Å². The molecule has 0 aromatic heterocycles. The Kier molecular flexibility index (Phi) is 6.65. The van der Waals surface area contributed by atoms with Gasteiger partial charge in [-0.05, 0) is 30.0 Å². The van der Waals surface area contributed by atoms with Crippen molar-refractivity contribution in [2.24, 2.45) is 16.0 Å². The molecule has 1 aliphatic heterocycles. The second-order valence-corrected chi connectivity index (χ2v) is 6.83. The number of nitrogens with zero attached hydrogens (tertiary/aromatic N) is 2. The van der Waals surface area contributed by atoms with Gasteiger partial charge in [-0.3, -0.25) is 15.2 Å². The monoisotopic (exact) mass is 332 g/mol. The summed E-state index contributed by atoms with van der Waals surface area (Å²) in [5.74, 6) is 1.21. The lowest BCUT2D eigenvalue weighted by Crippen LogP contribution is -2.25. The molecule has 1 aromatic rings. The Balaban J connectivity index is 1.95. The number of hydrazone groups is 1. The SMILES string of the molecule is CCCN=C1NN=C(c2ccc(NC(=O)CC(C)C)cc2)CS1. The minimum atomic E-state index is 0.0526. The summed E-state index contributed by atoms with van der Waals surface area (Å²) in [6.45, 7) is 7.00. The molecule has 0 bridgehead atoms. The number of carbonyl (C=O) groups excluding carboxylic acids is 1. The summed E-state index contributed by atoms with van der Waals surface area (Å²) in [7, 11) is 0. The van der Waals surface area contributed by atoms with Gasteiger partial charge >= 0.3 is 0 Å². The van der Waals surface area contributed by atoms with Crippen LogP contribution in [0.4, 0.5) is 5.69 Å². The van der Waals surface area contributed by atoms with E-state index in [0.717, 1.165) is 40.8 Å². The lowest BCUT2D eigenvalue weighted by molar-refractivity contribution is -0.116. The summed E-state index contributed by atoms with van der Waals surface area (Å²) in [6, 6.07) is 7.81. The number of hydrogen-bond donors (Lipinski definition) is 2. The van der Waals surface area contributed by atoms with Crippen molar-refractivity contribution in [1.29, 1.82) is 0 Å². The van der Waals surface area contributed by atoms with Gasteiger partial charge in [-0.1, -0.05) is 44.7 Å². The first-order valence-electron chi connectivity index (χ1n) is 7.98. The van der Waals surface area contributed by atoms with Gasteiger partial charge in [-0.15, -0.1) is 0 Å². The third kappa shape index (κ3) is 5.71. The average Bonchev–Trinajstić information content (AvgIpc) is 2.53. The van der Waals surface area contributed by atoms with E-state index in [4.69, 9.17) is 0 Å². The summed E-state index contributed by atoms with van der Waals surface area (Å²) in [5, 5.41) is 8.19. The summed E-state index contributed by atoms with van der Waals surface area (Å²) in [4.78, 5) is 16.2. The van der Waals surface area contributed by atoms with E-state index in [9.17, 15) is 4.79 Å². The molecule has 1 aromatic carbocycles. The van der Waals surface area contributed by atoms with Crippen LogP contribution in [0.2, 0.25) is 0 Å². The molecule has 0 aliphatic carbocycles. The maximum absolute atomic E-state index is 11.8. The molecule has 0 radical (unpaired) electrons. The predicted molar refractivity (Wildman–Crippen MR) is 99.3 cm³/mol. The van der Waals surface area contributed by atoms with Crippen molar-refractivity contribution in [3.63, 3.8) is 0 Å². The van der Waals surface area contributed by atoms with Gasteiger partial charge in [-0.25, -0.2) is 0 Å². The van der Waals surface area contributed by atoms with Crippen molar-refractivity contribution in [2.45, 2.75) is 33.6 Å². The fourth-order valence-electron chi connectivity index (χ4n) is 2.09. The number of carbonyl (C=O) groups is 1. The van der Waals surface area contributed by atoms with Gasteiger partial charge in [0.05, 0.1) is 5.71 Å². The molecule has 1 aliphatic rings. The van der Waals surface area contributed by atoms with Crippen molar-refractivity contribution >= 4 is 34.2 Å². The summed E-state index contributed by atoms with van der Waals surface area (Å²) in [5.41, 5.74) is 5.87. The number of anilines is 1. The molecule has 5 nitrogen and oxygen atoms in total. The Bertz CT molecular complexity index is 593. The first kappa shape index (κ1) is 17.5. The van der Waals surface area contributed by atoms with Crippen LogP contribution in [0.1, 0.15) is 39.2 Å². The maximum Gasteiger partial charge on any atom is 0.224 e. The van der Waals surface area contributed by atoms with E-state index in [1.807, 2.05) is 38.1 Å². The van der Waals surface area contributed by atoms with Crippen molar-refractivity contribution in [3.8, 4) is 0 Å². The van der Waals surface area contributed by atoms with E-state index in [0.29, 0.717) is 12.3 Å². The van der Waals surface area contributed by atoms with Crippen LogP contribution < -0.4 is 10.7 Å². The zero-order valence-corrected chi connectivity index (χ0v) is 14.7. The Hall–Kier alpha value is -1.82. The summed E-state index contributed by atoms with van der Waals surface area (Å²) < 4.78 is 0. The van der Waals surface area contributed by atoms with Crippen LogP contribution in [0.25, 0.3) is 0 Å². The highest BCUT2D eigenvalue weighted by Gasteiger charge is 2.13. The average molecular weight is 332 g/mol. The standard InChI is InChI=1S/C17H24N4OS/c1-4-9-18-17-21-20-15(11-23-17)13-5-7-14(8-6-13)19-16(22)10-12(2)3/h5-8,12H,4,9-11H2,1-3H3,(H,18,21)(H,19,22). The van der Waals surface area contributed by atoms with Gasteiger partial charge in [0.25, 0.3) is 0 Å². The zero-order chi connectivity index (χ0) is 16.7. The highest BCUT2D eigenvalue weighted by molar-refractivity contribution is 8.14. The van der Waals surface area contributed by atoms with E-state index >= 15 is 0 Å². The second-order valence-electron chi connectivity index (χ2n) is 5.87. The number of hydrogen-bond acceptors (Lipinski definition) is 4. The van der Waals surface area contributed by atoms with Gasteiger partial charge in [0.15, 0.2) is 5.17 Å². The molecule has 2 N–H and O–H groups in total. The lowest BCUT2D eigenvalue weighted by Gasteiger charge is -2.15. The number of nitrogens with one attached hydrogen (secondary N) is 2. The van der Waals surface area contributed by atoms with Crippen molar-refractivity contribution in [2.75, 3.05) is 17.6 Å². The molecule has 2 rings (SSSR count). The van der Waals surface area contributed by atoms with Crippen LogP contribution in [0.5, 0.6) is 0 Å². The van der Waals surface area contributed by atoms with E-state index in [-0.39, 0.29) is 5.91 Å². The molecule has 1 heterocycles. The predicted octanol–water partition coefficient (Wildman–Crippen LogP) is 3.48. The molecule has 1 amide bonds. The Morgan fingerprint density at radius 3 is 2.70 bits per heavy atom. The fourth-order valence-corrected chi connectivity index (χ4v) is 2.88. The third-order valence-corrected chi connectivity index (χ3v) is 4.12. The summed E-state index contributed by atoms with van der Waals surface area (Å²) in [6.07, 6.45) is 1.57. The molecule has 0 saturated heterocycles. The molecule has 0 atom stereocenters. The first-order chi connectivity index (χ1) is 11.1. The van der Waals surface area contributed by atoms with Crippen LogP contribution >= 0.6 is 11.8 Å². The summed E-state index contributed by atoms with van der Waals surface area (Å²) >= 11 is 1.67. The highest BCUT2D eigenvalue weighted by atomic mass is 32.2. The number of thioether (sulfide) groups is 1. The molecule has 0 saturated carbocycles. The first-order valence-corrected chi connectivity index (χ1v) is 8.97. The van der Waals surface area contributed by atoms with Gasteiger partial charge in [0, 0.05) is 24.4 Å². The van der Waals surface area contributed by atoms with Crippen molar-refractivity contribution in [1.82, 2.24) is 5.43 Å². The van der Waals surface area contributed by atoms with E-state index in [2.05, 4.69) is 27.8 Å². The number of benzene rings is 1. The highest BCUT2D eigenvalue weighted by Crippen LogP contribution is 2.16. The molecular formula is C17H24N4OS. The van der Waals surface area contributed by atoms with Crippen LogP contribution in [0.15, 0.2) is 34.4 Å². The maximum atomic E-state index is 11.8. The van der Waals surface area contributed by atoms with E-state index < -0.39 is 0 Å². The number of amides is 1. The second kappa shape index (κ2) is 8.72. The Morgan fingerprint density at radius 1 is 1.39 bits per heavy atom. The molecule has 23 heavy (non-hydrogen) atoms. The third-order valence-electron chi connectivity index (χ3n) is 3.21. The molecule has 124 valence electrons. The molecule has 0 unspecified atom stereocenters. The van der Waals surface area contributed by atoms with Crippen molar-refractivity contribution in [3.05, 3.63) is 29.8 Å². The Labute approximate surface area is 142 Å². The van der Waals surface area contributed by atoms with E-state index in [1.165, 1.54) is 0 Å². The van der Waals surface area contributed by atoms with Crippen LogP contribution in [0.3, 0.4) is 0 Å². The largest absolute Gasteiger partial charge is 0.326 e. The molecular weight excluding hydrogens is 308 g/mol. The van der Waals surface area contributed by atoms with Crippen LogP contribution in [-0.2, 0) is 4.79 Å². The van der Waals surface area contributed by atoms with Gasteiger partial charge in [0.1, 0.15) is 0 Å². The number of aliphatic imine (C=N–C) groups is 1. The number of amidine groups is 1. The van der Waals surface area contributed by atoms with Gasteiger partial charge < -0.3 is 5.32 Å². The van der Waals surface area contributed by atoms with Crippen molar-refractivity contribution < 1.29 is 4.79 Å². The minimum Gasteiger partial charge on any atom is -0.326 e. The smallest absolute Gasteiger partial charge is 0.224 e. The molecule has 6 heteroatoms. The normalized spacial score (nSPS) is 16.2. The Morgan fingerprint density at radius 2 is 2.13 bits per heavy atom. The van der Waals surface area contributed by atoms with Crippen LogP contribution in [-0.4, -0.2) is 29.1 Å². The molecule has 0 fully saturated rings. The van der Waals surface area contributed by atoms with Gasteiger partial charge in [-0.2, -0.15) is 5.10 Å². The fraction of sp³-hybridized carbons (Fsp3) is 0.471. The molecule has 0 spiro atoms. The quantitative estimate of drug-likeness (QED) is 0.838.